The van der Waals surface area contributed by atoms with Crippen LogP contribution in [-0.2, 0) is 0 Å². The van der Waals surface area contributed by atoms with Crippen molar-refractivity contribution in [1.29, 1.82) is 0 Å². The summed E-state index contributed by atoms with van der Waals surface area (Å²) in [6.45, 7) is 1.85. The molecule has 1 aliphatic carbocycles. The molecular formula is C22H26Cl2N6S. The maximum absolute atomic E-state index is 6.06. The summed E-state index contributed by atoms with van der Waals surface area (Å²) < 4.78 is 3.47. The fourth-order valence-corrected chi connectivity index (χ4v) is 5.48. The van der Waals surface area contributed by atoms with Gasteiger partial charge in [-0.15, -0.1) is 0 Å². The zero-order chi connectivity index (χ0) is 21.6. The Morgan fingerprint density at radius 3 is 2.32 bits per heavy atom. The first-order valence-corrected chi connectivity index (χ1v) is 12.0. The SMILES string of the molecule is NNc1nc(NCC2CCC(CNSc3cc(Cl)cc(Cl)c3)CC2)nc2ccccc12. The number of nitrogens with one attached hydrogen (secondary N) is 3. The molecule has 0 saturated heterocycles. The molecule has 1 heterocycles. The molecule has 0 unspecified atom stereocenters. The summed E-state index contributed by atoms with van der Waals surface area (Å²) in [5, 5.41) is 5.65. The lowest BCUT2D eigenvalue weighted by atomic mass is 9.82. The average Bonchev–Trinajstić information content (AvgIpc) is 2.77. The smallest absolute Gasteiger partial charge is 0.225 e. The van der Waals surface area contributed by atoms with Gasteiger partial charge in [0.05, 0.1) is 5.52 Å². The molecule has 3 aromatic rings. The lowest BCUT2D eigenvalue weighted by Crippen LogP contribution is -2.26. The third-order valence-electron chi connectivity index (χ3n) is 5.65. The molecule has 1 saturated carbocycles. The monoisotopic (exact) mass is 476 g/mol. The highest BCUT2D eigenvalue weighted by molar-refractivity contribution is 7.97. The second-order valence-corrected chi connectivity index (χ2v) is 9.72. The minimum atomic E-state index is 0.618. The third-order valence-corrected chi connectivity index (χ3v) is 6.87. The number of hydrogen-bond donors (Lipinski definition) is 4. The van der Waals surface area contributed by atoms with Crippen LogP contribution in [0.4, 0.5) is 11.8 Å². The van der Waals surface area contributed by atoms with Crippen molar-refractivity contribution in [3.63, 3.8) is 0 Å². The molecule has 2 aromatic carbocycles. The maximum atomic E-state index is 6.06. The normalized spacial score (nSPS) is 18.8. The van der Waals surface area contributed by atoms with Gasteiger partial charge in [-0.1, -0.05) is 35.3 Å². The van der Waals surface area contributed by atoms with Crippen LogP contribution in [0, 0.1) is 11.8 Å². The Balaban J connectivity index is 1.22. The molecule has 4 rings (SSSR count). The number of para-hydroxylation sites is 1. The second-order valence-electron chi connectivity index (χ2n) is 7.88. The van der Waals surface area contributed by atoms with Crippen molar-refractivity contribution >= 4 is 57.8 Å². The van der Waals surface area contributed by atoms with Crippen LogP contribution in [-0.4, -0.2) is 23.1 Å². The molecule has 1 aromatic heterocycles. The molecule has 1 fully saturated rings. The van der Waals surface area contributed by atoms with Crippen LogP contribution in [0.2, 0.25) is 10.0 Å². The van der Waals surface area contributed by atoms with E-state index in [2.05, 4.69) is 25.4 Å². The number of fused-ring (bicyclic) bond motifs is 1. The highest BCUT2D eigenvalue weighted by atomic mass is 35.5. The molecule has 0 aliphatic heterocycles. The number of anilines is 2. The van der Waals surface area contributed by atoms with Gasteiger partial charge in [0.15, 0.2) is 5.82 Å². The van der Waals surface area contributed by atoms with Crippen LogP contribution in [0.5, 0.6) is 0 Å². The van der Waals surface area contributed by atoms with Crippen LogP contribution in [0.1, 0.15) is 25.7 Å². The van der Waals surface area contributed by atoms with E-state index in [9.17, 15) is 0 Å². The van der Waals surface area contributed by atoms with E-state index in [1.807, 2.05) is 36.4 Å². The number of halogens is 2. The Bertz CT molecular complexity index is 1010. The molecule has 164 valence electrons. The van der Waals surface area contributed by atoms with Crippen molar-refractivity contribution in [3.8, 4) is 0 Å². The van der Waals surface area contributed by atoms with Gasteiger partial charge in [-0.25, -0.2) is 10.8 Å². The first kappa shape index (κ1) is 22.4. The molecular weight excluding hydrogens is 451 g/mol. The molecule has 0 atom stereocenters. The molecule has 6 nitrogen and oxygen atoms in total. The van der Waals surface area contributed by atoms with Crippen LogP contribution < -0.4 is 21.3 Å². The highest BCUT2D eigenvalue weighted by Gasteiger charge is 2.21. The standard InChI is InChI=1S/C22H26Cl2N6S/c23-16-9-17(24)11-18(10-16)31-27-13-15-7-5-14(6-8-15)12-26-22-28-20-4-2-1-3-19(20)21(29-22)30-25/h1-4,9-11,14-15,27H,5-8,12-13,25H2,(H2,26,28,29,30). The van der Waals surface area contributed by atoms with Gasteiger partial charge >= 0.3 is 0 Å². The Hall–Kier alpha value is -1.77. The summed E-state index contributed by atoms with van der Waals surface area (Å²) in [7, 11) is 0. The zero-order valence-corrected chi connectivity index (χ0v) is 19.4. The van der Waals surface area contributed by atoms with Crippen LogP contribution in [0.3, 0.4) is 0 Å². The largest absolute Gasteiger partial charge is 0.354 e. The van der Waals surface area contributed by atoms with Crippen molar-refractivity contribution in [2.75, 3.05) is 23.8 Å². The van der Waals surface area contributed by atoms with Gasteiger partial charge in [0.1, 0.15) is 0 Å². The fourth-order valence-electron chi connectivity index (χ4n) is 3.97. The number of aromatic nitrogens is 2. The molecule has 5 N–H and O–H groups in total. The topological polar surface area (TPSA) is 87.9 Å². The summed E-state index contributed by atoms with van der Waals surface area (Å²) in [6.07, 6.45) is 4.82. The molecule has 0 amide bonds. The van der Waals surface area contributed by atoms with Crippen molar-refractivity contribution in [2.24, 2.45) is 17.7 Å². The Labute approximate surface area is 196 Å². The zero-order valence-electron chi connectivity index (χ0n) is 17.1. The number of hydrogen-bond acceptors (Lipinski definition) is 7. The average molecular weight is 477 g/mol. The van der Waals surface area contributed by atoms with Crippen LogP contribution in [0.15, 0.2) is 47.4 Å². The molecule has 0 radical (unpaired) electrons. The summed E-state index contributed by atoms with van der Waals surface area (Å²) >= 11 is 13.7. The van der Waals surface area contributed by atoms with Gasteiger partial charge in [-0.05, 0) is 79.8 Å². The number of nitrogens with two attached hydrogens (primary N) is 1. The molecule has 0 spiro atoms. The molecule has 1 aliphatic rings. The summed E-state index contributed by atoms with van der Waals surface area (Å²) in [5.41, 5.74) is 3.55. The van der Waals surface area contributed by atoms with Crippen molar-refractivity contribution in [1.82, 2.24) is 14.7 Å². The Kier molecular flexibility index (Phi) is 7.74. The summed E-state index contributed by atoms with van der Waals surface area (Å²) in [4.78, 5) is 10.2. The minimum Gasteiger partial charge on any atom is -0.354 e. The number of rotatable bonds is 8. The number of benzene rings is 2. The van der Waals surface area contributed by atoms with Gasteiger partial charge < -0.3 is 10.7 Å². The van der Waals surface area contributed by atoms with Crippen molar-refractivity contribution in [3.05, 3.63) is 52.5 Å². The Morgan fingerprint density at radius 2 is 1.61 bits per heavy atom. The highest BCUT2D eigenvalue weighted by Crippen LogP contribution is 2.30. The maximum Gasteiger partial charge on any atom is 0.225 e. The predicted octanol–water partition coefficient (Wildman–Crippen LogP) is 5.74. The van der Waals surface area contributed by atoms with Crippen molar-refractivity contribution in [2.45, 2.75) is 30.6 Å². The van der Waals surface area contributed by atoms with E-state index in [1.165, 1.54) is 25.7 Å². The lowest BCUT2D eigenvalue weighted by molar-refractivity contribution is 0.285. The van der Waals surface area contributed by atoms with Gasteiger partial charge in [0.25, 0.3) is 0 Å². The molecule has 31 heavy (non-hydrogen) atoms. The first-order chi connectivity index (χ1) is 15.1. The van der Waals surface area contributed by atoms with E-state index in [4.69, 9.17) is 29.0 Å². The van der Waals surface area contributed by atoms with E-state index in [1.54, 1.807) is 18.0 Å². The van der Waals surface area contributed by atoms with Crippen molar-refractivity contribution < 1.29 is 0 Å². The predicted molar refractivity (Wildman–Crippen MR) is 132 cm³/mol. The molecule has 9 heteroatoms. The van der Waals surface area contributed by atoms with Crippen LogP contribution >= 0.6 is 35.1 Å². The van der Waals surface area contributed by atoms with Gasteiger partial charge in [0, 0.05) is 33.4 Å². The minimum absolute atomic E-state index is 0.618. The third kappa shape index (κ3) is 6.14. The quantitative estimate of drug-likeness (QED) is 0.187. The first-order valence-electron chi connectivity index (χ1n) is 10.4. The van der Waals surface area contributed by atoms with E-state index < -0.39 is 0 Å². The fraction of sp³-hybridized carbons (Fsp3) is 0.364. The van der Waals surface area contributed by atoms with E-state index in [0.717, 1.165) is 28.9 Å². The van der Waals surface area contributed by atoms with E-state index in [-0.39, 0.29) is 0 Å². The Morgan fingerprint density at radius 1 is 0.935 bits per heavy atom. The second kappa shape index (κ2) is 10.7. The van der Waals surface area contributed by atoms with Gasteiger partial charge in [-0.3, -0.25) is 4.72 Å². The summed E-state index contributed by atoms with van der Waals surface area (Å²) in [6, 6.07) is 13.4. The number of nitrogen functional groups attached to an aromatic ring is 1. The van der Waals surface area contributed by atoms with E-state index in [0.29, 0.717) is 33.6 Å². The number of nitrogens with zero attached hydrogens (tertiary/aromatic N) is 2. The summed E-state index contributed by atoms with van der Waals surface area (Å²) in [5.74, 6) is 8.21. The lowest BCUT2D eigenvalue weighted by Gasteiger charge is -2.28. The van der Waals surface area contributed by atoms with E-state index >= 15 is 0 Å². The van der Waals surface area contributed by atoms with Gasteiger partial charge in [0.2, 0.25) is 5.95 Å². The van der Waals surface area contributed by atoms with Crippen LogP contribution in [0.25, 0.3) is 10.9 Å². The van der Waals surface area contributed by atoms with Gasteiger partial charge in [-0.2, -0.15) is 4.98 Å². The number of hydrazine groups is 1. The molecule has 0 bridgehead atoms.